The number of carbonyl (C=O) groups excluding carboxylic acids is 1. The maximum atomic E-state index is 13.0. The SMILES string of the molecule is CCC(Cc1ccc(O)cc1)(NC(=O)c1cccc2ccccc12)C(=O)O. The highest BCUT2D eigenvalue weighted by molar-refractivity contribution is 6.08. The topological polar surface area (TPSA) is 86.6 Å². The summed E-state index contributed by atoms with van der Waals surface area (Å²) in [6.07, 6.45) is 0.343. The fraction of sp³-hybridized carbons (Fsp3) is 0.182. The average molecular weight is 363 g/mol. The van der Waals surface area contributed by atoms with Gasteiger partial charge in [-0.15, -0.1) is 0 Å². The lowest BCUT2D eigenvalue weighted by molar-refractivity contribution is -0.144. The van der Waals surface area contributed by atoms with Gasteiger partial charge in [-0.25, -0.2) is 4.79 Å². The molecule has 0 fully saturated rings. The van der Waals surface area contributed by atoms with Crippen molar-refractivity contribution in [1.29, 1.82) is 0 Å². The van der Waals surface area contributed by atoms with Crippen LogP contribution < -0.4 is 5.32 Å². The molecule has 27 heavy (non-hydrogen) atoms. The maximum absolute atomic E-state index is 13.0. The average Bonchev–Trinajstić information content (AvgIpc) is 2.68. The van der Waals surface area contributed by atoms with E-state index in [2.05, 4.69) is 5.32 Å². The number of hydrogen-bond donors (Lipinski definition) is 3. The van der Waals surface area contributed by atoms with Gasteiger partial charge in [0.15, 0.2) is 0 Å². The third kappa shape index (κ3) is 3.77. The van der Waals surface area contributed by atoms with E-state index in [0.29, 0.717) is 5.56 Å². The van der Waals surface area contributed by atoms with Gasteiger partial charge in [0, 0.05) is 12.0 Å². The fourth-order valence-corrected chi connectivity index (χ4v) is 3.21. The number of carbonyl (C=O) groups is 2. The minimum Gasteiger partial charge on any atom is -0.508 e. The number of carboxylic acid groups (broad SMARTS) is 1. The molecule has 3 N–H and O–H groups in total. The number of nitrogens with one attached hydrogen (secondary N) is 1. The standard InChI is InChI=1S/C22H21NO4/c1-2-22(21(26)27,14-15-10-12-17(24)13-11-15)23-20(25)19-9-5-7-16-6-3-4-8-18(16)19/h3-13,24H,2,14H2,1H3,(H,23,25)(H,26,27). The van der Waals surface area contributed by atoms with E-state index in [-0.39, 0.29) is 18.6 Å². The van der Waals surface area contributed by atoms with Crippen molar-refractivity contribution in [2.45, 2.75) is 25.3 Å². The maximum Gasteiger partial charge on any atom is 0.329 e. The van der Waals surface area contributed by atoms with Crippen LogP contribution in [0.1, 0.15) is 29.3 Å². The largest absolute Gasteiger partial charge is 0.508 e. The molecule has 1 unspecified atom stereocenters. The first-order valence-electron chi connectivity index (χ1n) is 8.77. The van der Waals surface area contributed by atoms with Crippen molar-refractivity contribution >= 4 is 22.6 Å². The summed E-state index contributed by atoms with van der Waals surface area (Å²) in [5.74, 6) is -1.41. The van der Waals surface area contributed by atoms with Crippen molar-refractivity contribution in [2.24, 2.45) is 0 Å². The molecule has 5 heteroatoms. The second-order valence-corrected chi connectivity index (χ2v) is 6.56. The first-order chi connectivity index (χ1) is 12.9. The molecule has 0 saturated heterocycles. The van der Waals surface area contributed by atoms with E-state index in [1.165, 1.54) is 12.1 Å². The first kappa shape index (κ1) is 18.5. The molecular weight excluding hydrogens is 342 g/mol. The van der Waals surface area contributed by atoms with E-state index in [0.717, 1.165) is 16.3 Å². The van der Waals surface area contributed by atoms with Crippen LogP contribution in [-0.2, 0) is 11.2 Å². The molecule has 0 aliphatic heterocycles. The van der Waals surface area contributed by atoms with Gasteiger partial charge in [-0.2, -0.15) is 0 Å². The number of aliphatic carboxylic acids is 1. The number of hydrogen-bond acceptors (Lipinski definition) is 3. The van der Waals surface area contributed by atoms with Gasteiger partial charge in [0.2, 0.25) is 0 Å². The molecule has 138 valence electrons. The Bertz CT molecular complexity index is 976. The highest BCUT2D eigenvalue weighted by Gasteiger charge is 2.39. The Hall–Kier alpha value is -3.34. The summed E-state index contributed by atoms with van der Waals surface area (Å²) in [7, 11) is 0. The van der Waals surface area contributed by atoms with Crippen LogP contribution >= 0.6 is 0 Å². The Morgan fingerprint density at radius 3 is 2.30 bits per heavy atom. The summed E-state index contributed by atoms with van der Waals surface area (Å²) in [6, 6.07) is 19.2. The third-order valence-electron chi connectivity index (χ3n) is 4.84. The first-order valence-corrected chi connectivity index (χ1v) is 8.77. The normalized spacial score (nSPS) is 13.1. The molecule has 1 atom stereocenters. The van der Waals surface area contributed by atoms with Gasteiger partial charge in [-0.3, -0.25) is 4.79 Å². The third-order valence-corrected chi connectivity index (χ3v) is 4.84. The van der Waals surface area contributed by atoms with Crippen LogP contribution in [0.5, 0.6) is 5.75 Å². The minimum atomic E-state index is -1.44. The molecule has 0 aromatic heterocycles. The van der Waals surface area contributed by atoms with Crippen molar-refractivity contribution in [3.8, 4) is 5.75 Å². The summed E-state index contributed by atoms with van der Waals surface area (Å²) in [5.41, 5.74) is -0.279. The van der Waals surface area contributed by atoms with E-state index in [4.69, 9.17) is 0 Å². The lowest BCUT2D eigenvalue weighted by atomic mass is 9.87. The molecule has 0 heterocycles. The van der Waals surface area contributed by atoms with E-state index < -0.39 is 17.4 Å². The van der Waals surface area contributed by atoms with E-state index in [9.17, 15) is 19.8 Å². The monoisotopic (exact) mass is 363 g/mol. The van der Waals surface area contributed by atoms with Gasteiger partial charge in [0.05, 0.1) is 0 Å². The number of fused-ring (bicyclic) bond motifs is 1. The second-order valence-electron chi connectivity index (χ2n) is 6.56. The van der Waals surface area contributed by atoms with Crippen LogP contribution in [0.2, 0.25) is 0 Å². The summed E-state index contributed by atoms with van der Waals surface area (Å²) in [4.78, 5) is 25.1. The van der Waals surface area contributed by atoms with Gasteiger partial charge in [0.1, 0.15) is 11.3 Å². The van der Waals surface area contributed by atoms with Crippen LogP contribution in [0.4, 0.5) is 0 Å². The molecule has 0 aliphatic carbocycles. The molecule has 1 amide bonds. The summed E-state index contributed by atoms with van der Waals surface area (Å²) < 4.78 is 0. The molecule has 5 nitrogen and oxygen atoms in total. The zero-order chi connectivity index (χ0) is 19.4. The predicted molar refractivity (Wildman–Crippen MR) is 104 cm³/mol. The highest BCUT2D eigenvalue weighted by atomic mass is 16.4. The quantitative estimate of drug-likeness (QED) is 0.622. The van der Waals surface area contributed by atoms with Crippen LogP contribution in [-0.4, -0.2) is 27.6 Å². The predicted octanol–water partition coefficient (Wildman–Crippen LogP) is 3.75. The zero-order valence-electron chi connectivity index (χ0n) is 15.0. The number of phenolic OH excluding ortho intramolecular Hbond substituents is 1. The zero-order valence-corrected chi connectivity index (χ0v) is 15.0. The van der Waals surface area contributed by atoms with E-state index in [1.807, 2.05) is 30.3 Å². The lowest BCUT2D eigenvalue weighted by Gasteiger charge is -2.30. The molecule has 0 radical (unpaired) electrons. The van der Waals surface area contributed by atoms with Crippen molar-refractivity contribution < 1.29 is 19.8 Å². The number of rotatable bonds is 6. The van der Waals surface area contributed by atoms with Crippen molar-refractivity contribution in [3.63, 3.8) is 0 Å². The summed E-state index contributed by atoms with van der Waals surface area (Å²) in [6.45, 7) is 1.73. The number of aromatic hydroxyl groups is 1. The van der Waals surface area contributed by atoms with Crippen LogP contribution in [0.25, 0.3) is 10.8 Å². The number of carboxylic acids is 1. The number of amides is 1. The van der Waals surface area contributed by atoms with Crippen molar-refractivity contribution in [3.05, 3.63) is 77.9 Å². The van der Waals surface area contributed by atoms with Crippen LogP contribution in [0.15, 0.2) is 66.7 Å². The minimum absolute atomic E-state index is 0.107. The molecule has 3 aromatic carbocycles. The van der Waals surface area contributed by atoms with E-state index in [1.54, 1.807) is 31.2 Å². The summed E-state index contributed by atoms with van der Waals surface area (Å²) >= 11 is 0. The van der Waals surface area contributed by atoms with Gasteiger partial charge >= 0.3 is 5.97 Å². The second kappa shape index (κ2) is 7.50. The Morgan fingerprint density at radius 2 is 1.63 bits per heavy atom. The Morgan fingerprint density at radius 1 is 0.963 bits per heavy atom. The molecule has 0 aliphatic rings. The van der Waals surface area contributed by atoms with Gasteiger partial charge in [0.25, 0.3) is 5.91 Å². The molecule has 0 saturated carbocycles. The highest BCUT2D eigenvalue weighted by Crippen LogP contribution is 2.23. The van der Waals surface area contributed by atoms with Crippen molar-refractivity contribution in [1.82, 2.24) is 5.32 Å². The van der Waals surface area contributed by atoms with Crippen molar-refractivity contribution in [2.75, 3.05) is 0 Å². The molecular formula is C22H21NO4. The van der Waals surface area contributed by atoms with Gasteiger partial charge < -0.3 is 15.5 Å². The van der Waals surface area contributed by atoms with Crippen LogP contribution in [0, 0.1) is 0 Å². The van der Waals surface area contributed by atoms with Gasteiger partial charge in [-0.1, -0.05) is 55.5 Å². The fourth-order valence-electron chi connectivity index (χ4n) is 3.21. The Balaban J connectivity index is 1.95. The summed E-state index contributed by atoms with van der Waals surface area (Å²) in [5, 5.41) is 23.8. The van der Waals surface area contributed by atoms with Crippen LogP contribution in [0.3, 0.4) is 0 Å². The Kier molecular flexibility index (Phi) is 5.12. The molecule has 0 spiro atoms. The number of phenols is 1. The molecule has 3 aromatic rings. The van der Waals surface area contributed by atoms with E-state index >= 15 is 0 Å². The molecule has 3 rings (SSSR count). The Labute approximate surface area is 157 Å². The molecule has 0 bridgehead atoms. The number of benzene rings is 3. The smallest absolute Gasteiger partial charge is 0.329 e. The lowest BCUT2D eigenvalue weighted by Crippen LogP contribution is -2.55. The van der Waals surface area contributed by atoms with Gasteiger partial charge in [-0.05, 0) is 41.0 Å².